The summed E-state index contributed by atoms with van der Waals surface area (Å²) in [6, 6.07) is 37.3. The Balaban J connectivity index is 1.63. The number of carbonyl (C=O) groups is 1. The first-order valence-electron chi connectivity index (χ1n) is 14.8. The Kier molecular flexibility index (Phi) is 6.76. The summed E-state index contributed by atoms with van der Waals surface area (Å²) in [6.45, 7) is 0. The highest BCUT2D eigenvalue weighted by Crippen LogP contribution is 2.49. The van der Waals surface area contributed by atoms with Gasteiger partial charge in [-0.1, -0.05) is 108 Å². The molecule has 0 saturated heterocycles. The largest absolute Gasteiger partial charge is 0.506 e. The number of carboxylic acids is 1. The fourth-order valence-corrected chi connectivity index (χ4v) is 6.96. The van der Waals surface area contributed by atoms with E-state index < -0.39 is 11.4 Å². The molecule has 6 aromatic rings. The first kappa shape index (κ1) is 28.8. The Bertz CT molecular complexity index is 2590. The van der Waals surface area contributed by atoms with Crippen molar-refractivity contribution in [2.75, 3.05) is 0 Å². The highest BCUT2D eigenvalue weighted by molar-refractivity contribution is 6.33. The van der Waals surface area contributed by atoms with Crippen LogP contribution in [0.1, 0.15) is 10.4 Å². The lowest BCUT2D eigenvalue weighted by molar-refractivity contribution is 0.0698. The monoisotopic (exact) mass is 652 g/mol. The third kappa shape index (κ3) is 4.63. The Hall–Kier alpha value is -5.62. The number of phenols is 1. The lowest BCUT2D eigenvalue weighted by atomic mass is 9.82. The maximum absolute atomic E-state index is 13.3. The van der Waals surface area contributed by atoms with E-state index in [4.69, 9.17) is 27.6 Å². The molecule has 47 heavy (non-hydrogen) atoms. The molecule has 5 nitrogen and oxygen atoms in total. The number of benzene rings is 7. The van der Waals surface area contributed by atoms with Crippen molar-refractivity contribution in [2.24, 2.45) is 0 Å². The quantitative estimate of drug-likeness (QED) is 0.185. The first-order valence-corrected chi connectivity index (χ1v) is 15.5. The number of aromatic carboxylic acids is 1. The van der Waals surface area contributed by atoms with Crippen LogP contribution in [0, 0.1) is 0 Å². The van der Waals surface area contributed by atoms with E-state index in [0.717, 1.165) is 43.8 Å². The summed E-state index contributed by atoms with van der Waals surface area (Å²) in [5.41, 5.74) is 4.83. The molecule has 7 heteroatoms. The number of carboxylic acid groups (broad SMARTS) is 1. The average molecular weight is 654 g/mol. The van der Waals surface area contributed by atoms with Gasteiger partial charge < -0.3 is 14.6 Å². The zero-order valence-electron chi connectivity index (χ0n) is 24.4. The van der Waals surface area contributed by atoms with Crippen LogP contribution in [0.5, 0.6) is 5.75 Å². The molecular weight excluding hydrogens is 631 g/mol. The molecule has 0 aromatic heterocycles. The van der Waals surface area contributed by atoms with Crippen LogP contribution in [0.3, 0.4) is 0 Å². The van der Waals surface area contributed by atoms with Gasteiger partial charge in [0.2, 0.25) is 5.43 Å². The van der Waals surface area contributed by atoms with Crippen molar-refractivity contribution in [3.63, 3.8) is 0 Å². The second-order valence-electron chi connectivity index (χ2n) is 11.3. The summed E-state index contributed by atoms with van der Waals surface area (Å²) in [6.07, 6.45) is 0. The maximum Gasteiger partial charge on any atom is 0.336 e. The maximum atomic E-state index is 13.3. The normalized spacial score (nSPS) is 11.5. The molecule has 8 rings (SSSR count). The fraction of sp³-hybridized carbons (Fsp3) is 0. The van der Waals surface area contributed by atoms with Crippen LogP contribution in [0.15, 0.2) is 131 Å². The van der Waals surface area contributed by atoms with Crippen LogP contribution in [-0.2, 0) is 0 Å². The van der Waals surface area contributed by atoms with Crippen molar-refractivity contribution >= 4 is 61.7 Å². The minimum atomic E-state index is -1.14. The number of hydrogen-bond donors (Lipinski definition) is 2. The Labute approximate surface area is 277 Å². The van der Waals surface area contributed by atoms with E-state index in [9.17, 15) is 19.8 Å². The van der Waals surface area contributed by atoms with Crippen molar-refractivity contribution in [1.82, 2.24) is 0 Å². The number of fused-ring (bicyclic) bond motifs is 4. The van der Waals surface area contributed by atoms with Gasteiger partial charge in [0, 0.05) is 28.6 Å². The van der Waals surface area contributed by atoms with Gasteiger partial charge in [-0.2, -0.15) is 0 Å². The molecule has 1 heterocycles. The molecule has 0 amide bonds. The first-order chi connectivity index (χ1) is 22.8. The van der Waals surface area contributed by atoms with E-state index in [1.807, 2.05) is 78.9 Å². The molecule has 2 aliphatic rings. The summed E-state index contributed by atoms with van der Waals surface area (Å²) < 4.78 is 6.07. The number of halogens is 2. The van der Waals surface area contributed by atoms with E-state index in [1.54, 1.807) is 6.07 Å². The van der Waals surface area contributed by atoms with Gasteiger partial charge in [0.05, 0.1) is 15.6 Å². The van der Waals surface area contributed by atoms with Gasteiger partial charge in [-0.15, -0.1) is 0 Å². The number of hydrogen-bond acceptors (Lipinski definition) is 4. The number of aromatic hydroxyl groups is 1. The molecule has 6 aromatic carbocycles. The van der Waals surface area contributed by atoms with Gasteiger partial charge in [-0.25, -0.2) is 4.79 Å². The van der Waals surface area contributed by atoms with Crippen LogP contribution in [0.25, 0.3) is 77.2 Å². The van der Waals surface area contributed by atoms with Gasteiger partial charge in [-0.3, -0.25) is 4.79 Å². The number of rotatable bonds is 4. The summed E-state index contributed by atoms with van der Waals surface area (Å²) >= 11 is 12.8. The molecule has 1 aliphatic heterocycles. The summed E-state index contributed by atoms with van der Waals surface area (Å²) in [4.78, 5) is 25.9. The lowest BCUT2D eigenvalue weighted by Crippen LogP contribution is -2.05. The van der Waals surface area contributed by atoms with Crippen molar-refractivity contribution in [3.05, 3.63) is 147 Å². The van der Waals surface area contributed by atoms with Crippen molar-refractivity contribution in [1.29, 1.82) is 0 Å². The molecule has 1 aliphatic carbocycles. The Morgan fingerprint density at radius 1 is 0.574 bits per heavy atom. The van der Waals surface area contributed by atoms with Crippen molar-refractivity contribution < 1.29 is 19.4 Å². The van der Waals surface area contributed by atoms with Gasteiger partial charge in [0.1, 0.15) is 17.1 Å². The van der Waals surface area contributed by atoms with Crippen LogP contribution < -0.4 is 5.43 Å². The highest BCUT2D eigenvalue weighted by atomic mass is 35.5. The molecule has 0 unspecified atom stereocenters. The number of phenolic OH excluding ortho intramolecular Hbond substituents is 1. The van der Waals surface area contributed by atoms with Crippen LogP contribution in [0.2, 0.25) is 10.0 Å². The van der Waals surface area contributed by atoms with Crippen LogP contribution in [-0.4, -0.2) is 16.2 Å². The van der Waals surface area contributed by atoms with E-state index >= 15 is 0 Å². The van der Waals surface area contributed by atoms with Crippen molar-refractivity contribution in [3.8, 4) is 50.5 Å². The minimum absolute atomic E-state index is 0.0318. The summed E-state index contributed by atoms with van der Waals surface area (Å²) in [7, 11) is 0. The topological polar surface area (TPSA) is 87.7 Å². The predicted octanol–water partition coefficient (Wildman–Crippen LogP) is 10.9. The molecular formula is C40H22Cl2O5. The van der Waals surface area contributed by atoms with E-state index in [1.165, 1.54) is 24.3 Å². The lowest BCUT2D eigenvalue weighted by Gasteiger charge is -2.22. The highest BCUT2D eigenvalue weighted by Gasteiger charge is 2.26. The van der Waals surface area contributed by atoms with Gasteiger partial charge in [-0.05, 0) is 73.6 Å². The molecule has 0 saturated carbocycles. The van der Waals surface area contributed by atoms with Crippen molar-refractivity contribution in [2.45, 2.75) is 0 Å². The molecule has 0 bridgehead atoms. The van der Waals surface area contributed by atoms with E-state index in [2.05, 4.69) is 12.1 Å². The Morgan fingerprint density at radius 3 is 1.74 bits per heavy atom. The Morgan fingerprint density at radius 2 is 1.15 bits per heavy atom. The van der Waals surface area contributed by atoms with Crippen LogP contribution in [0.4, 0.5) is 0 Å². The van der Waals surface area contributed by atoms with Crippen LogP contribution >= 0.6 is 23.2 Å². The minimum Gasteiger partial charge on any atom is -0.506 e. The molecule has 226 valence electrons. The summed E-state index contributed by atoms with van der Waals surface area (Å²) in [5.74, 6) is -1.17. The zero-order chi connectivity index (χ0) is 32.4. The molecule has 0 fully saturated rings. The summed E-state index contributed by atoms with van der Waals surface area (Å²) in [5, 5.41) is 25.3. The second-order valence-corrected chi connectivity index (χ2v) is 12.1. The third-order valence-electron chi connectivity index (χ3n) is 8.63. The zero-order valence-corrected chi connectivity index (χ0v) is 25.9. The van der Waals surface area contributed by atoms with E-state index in [-0.39, 0.29) is 32.7 Å². The third-order valence-corrected chi connectivity index (χ3v) is 9.23. The molecule has 2 N–H and O–H groups in total. The second kappa shape index (κ2) is 11.0. The van der Waals surface area contributed by atoms with Gasteiger partial charge in [0.15, 0.2) is 0 Å². The molecule has 0 atom stereocenters. The molecule has 0 radical (unpaired) electrons. The van der Waals surface area contributed by atoms with E-state index in [0.29, 0.717) is 22.1 Å². The van der Waals surface area contributed by atoms with Gasteiger partial charge >= 0.3 is 5.97 Å². The average Bonchev–Trinajstić information content (AvgIpc) is 3.08. The SMILES string of the molecule is O=C(O)c1cc2c(-c3ccccc3)c3ccccc3c(-c3ccccc3)c2cc1-c1c2cc(Cl)c(=O)cc-2oc2cc(O)c(Cl)cc12. The predicted molar refractivity (Wildman–Crippen MR) is 189 cm³/mol. The fourth-order valence-electron chi connectivity index (χ4n) is 6.63. The van der Waals surface area contributed by atoms with Gasteiger partial charge in [0.25, 0.3) is 0 Å². The molecule has 0 spiro atoms. The smallest absolute Gasteiger partial charge is 0.336 e. The standard InChI is InChI=1S/C40H22Cl2O5/c41-31-17-29-35(19-33(31)43)47-36-20-34(44)32(42)18-30(36)39(29)27-15-25-26(16-28(27)40(45)46)38(22-11-5-2-6-12-22)24-14-8-7-13-23(24)37(25)21-9-3-1-4-10-21/h1-20,43H,(H,45,46).